The largest absolute Gasteiger partial charge is 0.300 e. The summed E-state index contributed by atoms with van der Waals surface area (Å²) in [4.78, 5) is 16.8. The number of nitrogens with zero attached hydrogens (tertiary/aromatic N) is 1. The Morgan fingerprint density at radius 1 is 1.05 bits per heavy atom. The lowest BCUT2D eigenvalue weighted by Gasteiger charge is -1.95. The van der Waals surface area contributed by atoms with Crippen molar-refractivity contribution in [2.45, 2.75) is 0 Å². The molecule has 0 unspecified atom stereocenters. The maximum atomic E-state index is 12.8. The minimum atomic E-state index is -0.313. The Balaban J connectivity index is 1.81. The fourth-order valence-corrected chi connectivity index (χ4v) is 2.66. The molecule has 2 aromatic rings. The molecule has 0 atom stereocenters. The maximum absolute atomic E-state index is 12.8. The van der Waals surface area contributed by atoms with E-state index in [1.807, 2.05) is 36.4 Å². The van der Waals surface area contributed by atoms with E-state index in [-0.39, 0.29) is 11.7 Å². The van der Waals surface area contributed by atoms with Gasteiger partial charge in [-0.1, -0.05) is 30.3 Å². The molecule has 5 heteroatoms. The summed E-state index contributed by atoms with van der Waals surface area (Å²) >= 11 is 1.27. The van der Waals surface area contributed by atoms with Gasteiger partial charge >= 0.3 is 0 Å². The van der Waals surface area contributed by atoms with Crippen molar-refractivity contribution in [1.29, 1.82) is 0 Å². The van der Waals surface area contributed by atoms with Crippen LogP contribution in [0.4, 0.5) is 10.1 Å². The molecule has 0 radical (unpaired) electrons. The Hall–Kier alpha value is -2.40. The summed E-state index contributed by atoms with van der Waals surface area (Å²) in [6.45, 7) is 0. The summed E-state index contributed by atoms with van der Waals surface area (Å²) in [5, 5.41) is 3.19. The minimum Gasteiger partial charge on any atom is -0.300 e. The normalized spacial score (nSPS) is 18.2. The van der Waals surface area contributed by atoms with Crippen LogP contribution in [0.25, 0.3) is 6.08 Å². The predicted molar refractivity (Wildman–Crippen MR) is 83.6 cm³/mol. The Kier molecular flexibility index (Phi) is 3.83. The van der Waals surface area contributed by atoms with Crippen LogP contribution in [0.1, 0.15) is 5.56 Å². The van der Waals surface area contributed by atoms with E-state index >= 15 is 0 Å². The van der Waals surface area contributed by atoms with Gasteiger partial charge in [-0.15, -0.1) is 0 Å². The molecule has 1 amide bonds. The van der Waals surface area contributed by atoms with Crippen LogP contribution >= 0.6 is 11.8 Å². The highest BCUT2D eigenvalue weighted by molar-refractivity contribution is 8.18. The van der Waals surface area contributed by atoms with Gasteiger partial charge in [0.25, 0.3) is 5.91 Å². The van der Waals surface area contributed by atoms with Gasteiger partial charge < -0.3 is 5.32 Å². The van der Waals surface area contributed by atoms with Gasteiger partial charge in [-0.2, -0.15) is 0 Å². The summed E-state index contributed by atoms with van der Waals surface area (Å²) in [7, 11) is 0. The van der Waals surface area contributed by atoms with Crippen molar-refractivity contribution in [3.8, 4) is 0 Å². The van der Waals surface area contributed by atoms with Crippen LogP contribution in [0.3, 0.4) is 0 Å². The fraction of sp³-hybridized carbons (Fsp3) is 0. The Morgan fingerprint density at radius 3 is 2.48 bits per heavy atom. The van der Waals surface area contributed by atoms with Crippen LogP contribution in [0.5, 0.6) is 0 Å². The van der Waals surface area contributed by atoms with Crippen molar-refractivity contribution in [3.05, 3.63) is 70.9 Å². The van der Waals surface area contributed by atoms with E-state index in [9.17, 15) is 9.18 Å². The molecule has 0 spiro atoms. The summed E-state index contributed by atoms with van der Waals surface area (Å²) in [6, 6.07) is 15.4. The number of rotatable bonds is 2. The maximum Gasteiger partial charge on any atom is 0.264 e. The lowest BCUT2D eigenvalue weighted by atomic mass is 10.2. The van der Waals surface area contributed by atoms with Crippen molar-refractivity contribution in [2.24, 2.45) is 4.99 Å². The van der Waals surface area contributed by atoms with Gasteiger partial charge in [0.2, 0.25) is 0 Å². The van der Waals surface area contributed by atoms with E-state index < -0.39 is 0 Å². The zero-order chi connectivity index (χ0) is 14.7. The van der Waals surface area contributed by atoms with Crippen LogP contribution in [0.15, 0.2) is 64.5 Å². The van der Waals surface area contributed by atoms with E-state index in [2.05, 4.69) is 10.3 Å². The number of aliphatic imine (C=N–C) groups is 1. The smallest absolute Gasteiger partial charge is 0.264 e. The highest BCUT2D eigenvalue weighted by atomic mass is 32.2. The van der Waals surface area contributed by atoms with Crippen molar-refractivity contribution in [2.75, 3.05) is 0 Å². The number of thioether (sulfide) groups is 1. The molecule has 1 N–H and O–H groups in total. The molecule has 1 aliphatic heterocycles. The van der Waals surface area contributed by atoms with Gasteiger partial charge in [0.1, 0.15) is 5.82 Å². The third-order valence-electron chi connectivity index (χ3n) is 2.81. The Labute approximate surface area is 125 Å². The van der Waals surface area contributed by atoms with Crippen LogP contribution < -0.4 is 5.32 Å². The second-order valence-corrected chi connectivity index (χ2v) is 5.40. The molecule has 1 fully saturated rings. The average Bonchev–Trinajstić information content (AvgIpc) is 2.82. The number of hydrogen-bond donors (Lipinski definition) is 1. The number of nitrogens with one attached hydrogen (secondary N) is 1. The molecule has 104 valence electrons. The molecular formula is C16H11FN2OS. The van der Waals surface area contributed by atoms with Gasteiger partial charge in [0, 0.05) is 0 Å². The molecule has 1 aliphatic rings. The lowest BCUT2D eigenvalue weighted by Crippen LogP contribution is -2.19. The molecule has 2 aromatic carbocycles. The van der Waals surface area contributed by atoms with E-state index in [1.54, 1.807) is 12.1 Å². The zero-order valence-electron chi connectivity index (χ0n) is 10.9. The number of halogens is 1. The number of carbonyl (C=O) groups excluding carboxylic acids is 1. The molecule has 3 nitrogen and oxygen atoms in total. The fourth-order valence-electron chi connectivity index (χ4n) is 1.81. The number of carbonyl (C=O) groups is 1. The van der Waals surface area contributed by atoms with Crippen molar-refractivity contribution in [3.63, 3.8) is 0 Å². The molecule has 1 saturated heterocycles. The van der Waals surface area contributed by atoms with E-state index in [1.165, 1.54) is 23.9 Å². The van der Waals surface area contributed by atoms with Gasteiger partial charge in [-0.05, 0) is 47.7 Å². The standard InChI is InChI=1S/C16H11FN2OS/c17-12-6-8-13(9-7-12)18-16-19-15(20)14(21-16)10-11-4-2-1-3-5-11/h1-10H,(H,18,19,20)/b14-10+. The van der Waals surface area contributed by atoms with Crippen LogP contribution in [-0.4, -0.2) is 11.1 Å². The second kappa shape index (κ2) is 5.93. The number of hydrogen-bond acceptors (Lipinski definition) is 3. The van der Waals surface area contributed by atoms with Crippen molar-refractivity contribution >= 4 is 34.6 Å². The SMILES string of the molecule is O=C1NC(=Nc2ccc(F)cc2)S/C1=C/c1ccccc1. The summed E-state index contributed by atoms with van der Waals surface area (Å²) in [5.41, 5.74) is 1.55. The first kappa shape index (κ1) is 13.6. The van der Waals surface area contributed by atoms with E-state index in [0.717, 1.165) is 5.56 Å². The molecule has 0 saturated carbocycles. The lowest BCUT2D eigenvalue weighted by molar-refractivity contribution is -0.115. The monoisotopic (exact) mass is 298 g/mol. The quantitative estimate of drug-likeness (QED) is 0.859. The average molecular weight is 298 g/mol. The summed E-state index contributed by atoms with van der Waals surface area (Å²) in [5.74, 6) is -0.489. The van der Waals surface area contributed by atoms with Crippen LogP contribution in [-0.2, 0) is 4.79 Å². The van der Waals surface area contributed by atoms with Crippen molar-refractivity contribution in [1.82, 2.24) is 5.32 Å². The molecule has 0 aromatic heterocycles. The van der Waals surface area contributed by atoms with Gasteiger partial charge in [0.05, 0.1) is 10.6 Å². The predicted octanol–water partition coefficient (Wildman–Crippen LogP) is 3.72. The Bertz CT molecular complexity index is 724. The molecular weight excluding hydrogens is 287 g/mol. The summed E-state index contributed by atoms with van der Waals surface area (Å²) < 4.78 is 12.8. The third kappa shape index (κ3) is 3.38. The first-order valence-electron chi connectivity index (χ1n) is 6.31. The Morgan fingerprint density at radius 2 is 1.76 bits per heavy atom. The van der Waals surface area contributed by atoms with E-state index in [4.69, 9.17) is 0 Å². The second-order valence-electron chi connectivity index (χ2n) is 4.37. The molecule has 3 rings (SSSR count). The molecule has 0 aliphatic carbocycles. The molecule has 0 bridgehead atoms. The van der Waals surface area contributed by atoms with Crippen LogP contribution in [0.2, 0.25) is 0 Å². The summed E-state index contributed by atoms with van der Waals surface area (Å²) in [6.07, 6.45) is 1.81. The van der Waals surface area contributed by atoms with Crippen molar-refractivity contribution < 1.29 is 9.18 Å². The highest BCUT2D eigenvalue weighted by Crippen LogP contribution is 2.27. The molecule has 1 heterocycles. The third-order valence-corrected chi connectivity index (χ3v) is 3.72. The molecule has 21 heavy (non-hydrogen) atoms. The van der Waals surface area contributed by atoms with Gasteiger partial charge in [0.15, 0.2) is 5.17 Å². The number of amides is 1. The number of amidine groups is 1. The topological polar surface area (TPSA) is 41.5 Å². The van der Waals surface area contributed by atoms with Gasteiger partial charge in [-0.3, -0.25) is 4.79 Å². The zero-order valence-corrected chi connectivity index (χ0v) is 11.7. The first-order valence-corrected chi connectivity index (χ1v) is 7.12. The van der Waals surface area contributed by atoms with Gasteiger partial charge in [-0.25, -0.2) is 9.38 Å². The minimum absolute atomic E-state index is 0.176. The number of benzene rings is 2. The highest BCUT2D eigenvalue weighted by Gasteiger charge is 2.23. The van der Waals surface area contributed by atoms with E-state index in [0.29, 0.717) is 15.8 Å². The first-order chi connectivity index (χ1) is 10.2. The van der Waals surface area contributed by atoms with Crippen LogP contribution in [0, 0.1) is 5.82 Å².